The summed E-state index contributed by atoms with van der Waals surface area (Å²) < 4.78 is 5.51. The average molecular weight is 302 g/mol. The summed E-state index contributed by atoms with van der Waals surface area (Å²) >= 11 is 0. The van der Waals surface area contributed by atoms with Gasteiger partial charge in [0.1, 0.15) is 5.60 Å². The lowest BCUT2D eigenvalue weighted by atomic mass is 10.0. The number of hydrogen-bond donors (Lipinski definition) is 0. The van der Waals surface area contributed by atoms with Gasteiger partial charge in [-0.05, 0) is 45.2 Å². The van der Waals surface area contributed by atoms with Crippen molar-refractivity contribution in [2.24, 2.45) is 5.92 Å². The molecular weight excluding hydrogens is 276 g/mol. The van der Waals surface area contributed by atoms with Gasteiger partial charge in [-0.1, -0.05) is 30.3 Å². The normalized spacial score (nSPS) is 25.3. The summed E-state index contributed by atoms with van der Waals surface area (Å²) in [7, 11) is 0. The topological polar surface area (TPSA) is 32.8 Å². The zero-order valence-electron chi connectivity index (χ0n) is 13.8. The van der Waals surface area contributed by atoms with Crippen molar-refractivity contribution in [3.63, 3.8) is 0 Å². The van der Waals surface area contributed by atoms with Crippen LogP contribution in [-0.4, -0.2) is 47.2 Å². The Morgan fingerprint density at radius 2 is 1.95 bits per heavy atom. The van der Waals surface area contributed by atoms with E-state index in [9.17, 15) is 4.79 Å². The fourth-order valence-corrected chi connectivity index (χ4v) is 3.54. The Kier molecular flexibility index (Phi) is 4.13. The van der Waals surface area contributed by atoms with Crippen LogP contribution in [0.5, 0.6) is 0 Å². The monoisotopic (exact) mass is 302 g/mol. The first-order valence-electron chi connectivity index (χ1n) is 8.18. The minimum Gasteiger partial charge on any atom is -0.444 e. The van der Waals surface area contributed by atoms with Crippen LogP contribution in [0.25, 0.3) is 0 Å². The number of fused-ring (bicyclic) bond motifs is 1. The van der Waals surface area contributed by atoms with Crippen LogP contribution in [0.4, 0.5) is 4.79 Å². The molecule has 0 aliphatic carbocycles. The molecule has 0 N–H and O–H groups in total. The lowest BCUT2D eigenvalue weighted by Gasteiger charge is -2.27. The Labute approximate surface area is 133 Å². The molecule has 2 fully saturated rings. The summed E-state index contributed by atoms with van der Waals surface area (Å²) in [5.74, 6) is 0.594. The van der Waals surface area contributed by atoms with E-state index in [4.69, 9.17) is 4.74 Å². The number of likely N-dealkylation sites (tertiary alicyclic amines) is 2. The Morgan fingerprint density at radius 3 is 2.64 bits per heavy atom. The Bertz CT molecular complexity index is 524. The van der Waals surface area contributed by atoms with E-state index in [0.29, 0.717) is 12.0 Å². The number of carbonyl (C=O) groups is 1. The van der Waals surface area contributed by atoms with Crippen LogP contribution < -0.4 is 0 Å². The van der Waals surface area contributed by atoms with Crippen LogP contribution in [0.15, 0.2) is 30.3 Å². The molecule has 4 heteroatoms. The molecule has 1 amide bonds. The quantitative estimate of drug-likeness (QED) is 0.841. The van der Waals surface area contributed by atoms with E-state index in [1.807, 2.05) is 25.7 Å². The van der Waals surface area contributed by atoms with Crippen LogP contribution in [-0.2, 0) is 11.3 Å². The van der Waals surface area contributed by atoms with E-state index in [2.05, 4.69) is 35.2 Å². The van der Waals surface area contributed by atoms with Crippen LogP contribution in [0.2, 0.25) is 0 Å². The van der Waals surface area contributed by atoms with Crippen LogP contribution >= 0.6 is 0 Å². The molecule has 3 rings (SSSR count). The Morgan fingerprint density at radius 1 is 1.23 bits per heavy atom. The SMILES string of the molecule is CC(C)(C)OC(=O)N1CC2CCN(Cc3ccccc3)[C@H]2C1. The zero-order chi connectivity index (χ0) is 15.7. The molecule has 2 atom stereocenters. The maximum absolute atomic E-state index is 12.2. The maximum atomic E-state index is 12.2. The molecule has 0 radical (unpaired) electrons. The molecule has 2 saturated heterocycles. The van der Waals surface area contributed by atoms with E-state index in [-0.39, 0.29) is 6.09 Å². The number of hydrogen-bond acceptors (Lipinski definition) is 3. The smallest absolute Gasteiger partial charge is 0.410 e. The maximum Gasteiger partial charge on any atom is 0.410 e. The molecule has 1 aromatic carbocycles. The third-order valence-corrected chi connectivity index (χ3v) is 4.54. The van der Waals surface area contributed by atoms with Crippen LogP contribution in [0.3, 0.4) is 0 Å². The molecule has 1 aromatic rings. The van der Waals surface area contributed by atoms with Gasteiger partial charge < -0.3 is 9.64 Å². The highest BCUT2D eigenvalue weighted by atomic mass is 16.6. The lowest BCUT2D eigenvalue weighted by molar-refractivity contribution is 0.0271. The van der Waals surface area contributed by atoms with Gasteiger partial charge in [0.2, 0.25) is 0 Å². The van der Waals surface area contributed by atoms with Gasteiger partial charge in [-0.3, -0.25) is 4.90 Å². The second-order valence-electron chi connectivity index (χ2n) is 7.46. The number of carbonyl (C=O) groups excluding carboxylic acids is 1. The predicted octanol–water partition coefficient (Wildman–Crippen LogP) is 3.13. The van der Waals surface area contributed by atoms with Crippen molar-refractivity contribution >= 4 is 6.09 Å². The molecule has 2 aliphatic heterocycles. The molecule has 0 bridgehead atoms. The van der Waals surface area contributed by atoms with Crippen molar-refractivity contribution < 1.29 is 9.53 Å². The van der Waals surface area contributed by atoms with Crippen molar-refractivity contribution in [3.05, 3.63) is 35.9 Å². The van der Waals surface area contributed by atoms with Gasteiger partial charge in [-0.2, -0.15) is 0 Å². The Balaban J connectivity index is 1.60. The fourth-order valence-electron chi connectivity index (χ4n) is 3.54. The van der Waals surface area contributed by atoms with Gasteiger partial charge in [0, 0.05) is 25.7 Å². The standard InChI is InChI=1S/C18H26N2O2/c1-18(2,3)22-17(21)20-12-15-9-10-19(16(15)13-20)11-14-7-5-4-6-8-14/h4-8,15-16H,9-13H2,1-3H3/t15?,16-/m0/s1. The molecule has 0 spiro atoms. The molecule has 22 heavy (non-hydrogen) atoms. The second kappa shape index (κ2) is 5.92. The molecule has 4 nitrogen and oxygen atoms in total. The van der Waals surface area contributed by atoms with Gasteiger partial charge >= 0.3 is 6.09 Å². The highest BCUT2D eigenvalue weighted by Gasteiger charge is 2.43. The highest BCUT2D eigenvalue weighted by Crippen LogP contribution is 2.33. The molecule has 120 valence electrons. The third kappa shape index (κ3) is 3.43. The molecule has 2 heterocycles. The number of nitrogens with zero attached hydrogens (tertiary/aromatic N) is 2. The lowest BCUT2D eigenvalue weighted by Crippen LogP contribution is -2.39. The van der Waals surface area contributed by atoms with E-state index >= 15 is 0 Å². The highest BCUT2D eigenvalue weighted by molar-refractivity contribution is 5.68. The summed E-state index contributed by atoms with van der Waals surface area (Å²) in [5.41, 5.74) is 0.928. The van der Waals surface area contributed by atoms with E-state index in [1.54, 1.807) is 0 Å². The van der Waals surface area contributed by atoms with Crippen molar-refractivity contribution in [2.75, 3.05) is 19.6 Å². The van der Waals surface area contributed by atoms with Gasteiger partial charge in [-0.25, -0.2) is 4.79 Å². The summed E-state index contributed by atoms with van der Waals surface area (Å²) in [5, 5.41) is 0. The van der Waals surface area contributed by atoms with E-state index in [1.165, 1.54) is 12.0 Å². The van der Waals surface area contributed by atoms with E-state index < -0.39 is 5.60 Å². The number of ether oxygens (including phenoxy) is 1. The molecule has 1 unspecified atom stereocenters. The van der Waals surface area contributed by atoms with Crippen LogP contribution in [0, 0.1) is 5.92 Å². The number of rotatable bonds is 2. The summed E-state index contributed by atoms with van der Waals surface area (Å²) in [6, 6.07) is 11.1. The zero-order valence-corrected chi connectivity index (χ0v) is 13.8. The van der Waals surface area contributed by atoms with Gasteiger partial charge in [0.15, 0.2) is 0 Å². The molecular formula is C18H26N2O2. The molecule has 0 aromatic heterocycles. The minimum absolute atomic E-state index is 0.165. The van der Waals surface area contributed by atoms with Gasteiger partial charge in [-0.15, -0.1) is 0 Å². The van der Waals surface area contributed by atoms with E-state index in [0.717, 1.165) is 26.2 Å². The molecule has 2 aliphatic rings. The minimum atomic E-state index is -0.418. The first-order valence-corrected chi connectivity index (χ1v) is 8.18. The number of benzene rings is 1. The van der Waals surface area contributed by atoms with Crippen molar-refractivity contribution in [1.82, 2.24) is 9.80 Å². The second-order valence-corrected chi connectivity index (χ2v) is 7.46. The number of amides is 1. The van der Waals surface area contributed by atoms with Crippen molar-refractivity contribution in [2.45, 2.75) is 45.4 Å². The first kappa shape index (κ1) is 15.3. The average Bonchev–Trinajstić information content (AvgIpc) is 3.00. The summed E-state index contributed by atoms with van der Waals surface area (Å²) in [6.07, 6.45) is 1.01. The van der Waals surface area contributed by atoms with Crippen molar-refractivity contribution in [1.29, 1.82) is 0 Å². The summed E-state index contributed by atoms with van der Waals surface area (Å²) in [6.45, 7) is 9.50. The van der Waals surface area contributed by atoms with Gasteiger partial charge in [0.05, 0.1) is 0 Å². The van der Waals surface area contributed by atoms with Crippen LogP contribution in [0.1, 0.15) is 32.8 Å². The largest absolute Gasteiger partial charge is 0.444 e. The first-order chi connectivity index (χ1) is 10.4. The molecule has 0 saturated carbocycles. The Hall–Kier alpha value is -1.55. The van der Waals surface area contributed by atoms with Gasteiger partial charge in [0.25, 0.3) is 0 Å². The fraction of sp³-hybridized carbons (Fsp3) is 0.611. The van der Waals surface area contributed by atoms with Crippen molar-refractivity contribution in [3.8, 4) is 0 Å². The predicted molar refractivity (Wildman–Crippen MR) is 86.6 cm³/mol. The summed E-state index contributed by atoms with van der Waals surface area (Å²) in [4.78, 5) is 16.6. The third-order valence-electron chi connectivity index (χ3n) is 4.54.